The lowest BCUT2D eigenvalue weighted by Crippen LogP contribution is -2.72. The zero-order valence-corrected chi connectivity index (χ0v) is 77.2. The van der Waals surface area contributed by atoms with Crippen LogP contribution in [-0.4, -0.2) is 406 Å². The zero-order valence-electron chi connectivity index (χ0n) is 77.2. The van der Waals surface area contributed by atoms with Crippen LogP contribution in [0.15, 0.2) is 24.3 Å². The molecule has 7 fully saturated rings. The highest BCUT2D eigenvalue weighted by molar-refractivity contribution is 5.76. The Morgan fingerprint density at radius 1 is 0.295 bits per heavy atom. The summed E-state index contributed by atoms with van der Waals surface area (Å²) in [6, 6.07) is -6.70. The Morgan fingerprint density at radius 3 is 1.01 bits per heavy atom. The second kappa shape index (κ2) is 61.5. The molecule has 132 heavy (non-hydrogen) atoms. The van der Waals surface area contributed by atoms with Gasteiger partial charge in [-0.2, -0.15) is 0 Å². The van der Waals surface area contributed by atoms with Gasteiger partial charge in [0.25, 0.3) is 0 Å². The van der Waals surface area contributed by atoms with Gasteiger partial charge in [-0.25, -0.2) is 0 Å². The minimum Gasteiger partial charge on any atom is -0.394 e. The van der Waals surface area contributed by atoms with Crippen LogP contribution in [-0.2, 0) is 85.5 Å². The summed E-state index contributed by atoms with van der Waals surface area (Å²) in [7, 11) is 0. The maximum absolute atomic E-state index is 13.7. The van der Waals surface area contributed by atoms with Gasteiger partial charge in [0.05, 0.1) is 65.0 Å². The Hall–Kier alpha value is -4.00. The fraction of sp³-hybridized carbons (Fsp3) is 0.911. The maximum atomic E-state index is 13.7. The predicted molar refractivity (Wildman–Crippen MR) is 466 cm³/mol. The van der Waals surface area contributed by atoms with Crippen LogP contribution in [0.3, 0.4) is 0 Å². The highest BCUT2D eigenvalue weighted by Crippen LogP contribution is 2.40. The summed E-state index contributed by atoms with van der Waals surface area (Å²) in [6.45, 7) is -0.646. The molecule has 7 aliphatic rings. The fourth-order valence-electron chi connectivity index (χ4n) is 17.7. The van der Waals surface area contributed by atoms with E-state index in [2.05, 4.69) is 47.3 Å². The molecule has 0 saturated carbocycles. The number of carbonyl (C=O) groups is 4. The Kier molecular flexibility index (Phi) is 53.6. The lowest BCUT2D eigenvalue weighted by atomic mass is 9.93. The summed E-state index contributed by atoms with van der Waals surface area (Å²) < 4.78 is 85.2. The number of nitrogens with one attached hydrogen (secondary N) is 4. The Labute approximate surface area is 773 Å². The van der Waals surface area contributed by atoms with E-state index in [4.69, 9.17) is 66.3 Å². The van der Waals surface area contributed by atoms with Crippen molar-refractivity contribution in [3.63, 3.8) is 0 Å². The average molecular weight is 1910 g/mol. The van der Waals surface area contributed by atoms with Gasteiger partial charge >= 0.3 is 0 Å². The van der Waals surface area contributed by atoms with Crippen molar-refractivity contribution in [1.29, 1.82) is 0 Å². The molecule has 0 spiro atoms. The van der Waals surface area contributed by atoms with Crippen LogP contribution in [0.1, 0.15) is 240 Å². The molecule has 42 nitrogen and oxygen atoms in total. The topological polar surface area (TPSA) is 650 Å². The van der Waals surface area contributed by atoms with Gasteiger partial charge in [0, 0.05) is 27.2 Å². The number of aliphatic hydroxyl groups excluding tert-OH is 20. The first kappa shape index (κ1) is 115. The van der Waals surface area contributed by atoms with Gasteiger partial charge in [-0.1, -0.05) is 192 Å². The van der Waals surface area contributed by atoms with E-state index < -0.39 is 297 Å². The maximum Gasteiger partial charge on any atom is 0.220 e. The van der Waals surface area contributed by atoms with Crippen LogP contribution >= 0.6 is 0 Å². The number of carbonyl (C=O) groups excluding carboxylic acids is 4. The molecular formula is C90H160N4O38. The lowest BCUT2D eigenvalue weighted by molar-refractivity contribution is -0.400. The van der Waals surface area contributed by atoms with Crippen LogP contribution in [0.25, 0.3) is 0 Å². The van der Waals surface area contributed by atoms with Gasteiger partial charge in [0.1, 0.15) is 171 Å². The molecule has 24 N–H and O–H groups in total. The second-order valence-corrected chi connectivity index (χ2v) is 36.0. The monoisotopic (exact) mass is 1910 g/mol. The molecule has 768 valence electrons. The number of hydrogen-bond acceptors (Lipinski definition) is 38. The number of hydrogen-bond donors (Lipinski definition) is 24. The predicted octanol–water partition coefficient (Wildman–Crippen LogP) is -2.34. The fourth-order valence-corrected chi connectivity index (χ4v) is 17.7. The standard InChI is InChI=1S/C90H160N4O38/c1-6-8-10-12-14-16-18-20-21-22-23-24-25-26-27-29-31-33-35-37-39-41-62(106)94-53(54(105)40-38-36-34-32-30-28-19-17-15-13-11-9-7-2)49-119-87-75(116)72(113)78(59(46-99)124-87)127-89-76(117)73(114)79(60(47-100)125-89)128-90-77(118)83(132-86-64(92-51(4)103)81(68(109)57(44-97)122-86)130-84-63(91-50(3)102)70(111)66(107)55(42-95)120-84)80(61(48-101)126-90)129-85-65(93-52(5)104)82(69(110)58(45-98)121-85)131-88-74(115)71(112)67(108)56(43-96)123-88/h20-21,38,40,53-61,63-90,95-101,105,107-118H,6-19,22-37,39,41-49H2,1-5H3,(H,91,102)(H,92,103)(H,93,104)(H,94,106)/b21-20-,40-38+/t53-,54+,55?,56?,57?,58?,59?,60?,61?,63?,64?,65?,66-,67-,68-,69-,70+,71-,72+,73+,74?,75?,76?,77?,78+,79-,80-,81+,82+,83+,84+,85-,86-,87+,88-,89-,90-/m0/s1. The Morgan fingerprint density at radius 2 is 0.591 bits per heavy atom. The Bertz CT molecular complexity index is 3220. The second-order valence-electron chi connectivity index (χ2n) is 36.0. The van der Waals surface area contributed by atoms with Crippen LogP contribution in [0.2, 0.25) is 0 Å². The number of unbranched alkanes of at least 4 members (excludes halogenated alkanes) is 28. The molecule has 4 amide bonds. The zero-order chi connectivity index (χ0) is 96.5. The number of aliphatic hydroxyl groups is 20. The first-order chi connectivity index (χ1) is 63.4. The largest absolute Gasteiger partial charge is 0.394 e. The summed E-state index contributed by atoms with van der Waals surface area (Å²) in [5.74, 6) is -3.07. The molecule has 0 aromatic carbocycles. The van der Waals surface area contributed by atoms with Gasteiger partial charge in [0.2, 0.25) is 23.6 Å². The van der Waals surface area contributed by atoms with Crippen molar-refractivity contribution in [2.45, 2.75) is 467 Å². The smallest absolute Gasteiger partial charge is 0.220 e. The number of ether oxygens (including phenoxy) is 14. The summed E-state index contributed by atoms with van der Waals surface area (Å²) in [5.41, 5.74) is 0. The first-order valence-corrected chi connectivity index (χ1v) is 48.1. The molecule has 0 aromatic rings. The number of allylic oxidation sites excluding steroid dienone is 3. The van der Waals surface area contributed by atoms with Crippen molar-refractivity contribution in [2.24, 2.45) is 0 Å². The van der Waals surface area contributed by atoms with Crippen molar-refractivity contribution >= 4 is 23.6 Å². The van der Waals surface area contributed by atoms with Gasteiger partial charge in [0.15, 0.2) is 44.0 Å². The molecule has 7 heterocycles. The highest BCUT2D eigenvalue weighted by atomic mass is 16.8. The third kappa shape index (κ3) is 35.1. The van der Waals surface area contributed by atoms with Crippen molar-refractivity contribution in [3.05, 3.63) is 24.3 Å². The van der Waals surface area contributed by atoms with E-state index in [-0.39, 0.29) is 12.3 Å². The number of amides is 4. The van der Waals surface area contributed by atoms with Crippen LogP contribution < -0.4 is 21.3 Å². The SMILES string of the molecule is CCCCCCCC/C=C\CCCCCCCCCCCCCC(=O)N[C@@H](CO[C@@H]1OC(CO)[C@@H](O[C@@H]2OC(CO)[C@H](O[C@@H]3OC(CO)[C@H](O[C@@H]4OC(CO)[C@H](O)[C@H](O[C@@H]5OC(CO)[C@H](O)[C@H](O)C5O)C4NC(C)=O)[C@H](O[C@@H]4OC(CO)[C@H](O)[C@H](O[C@H]5OC(CO)[C@H](O)[C@H](O)C5NC(C)=O)C4NC(C)=O)C3O)[C@H](O)C2O)[C@H](O)C1O)[C@H](O)/C=C/CCCCCCCCCCCCC. The van der Waals surface area contributed by atoms with E-state index >= 15 is 0 Å². The molecule has 0 aromatic heterocycles. The van der Waals surface area contributed by atoms with Crippen LogP contribution in [0.4, 0.5) is 0 Å². The molecule has 42 heteroatoms. The van der Waals surface area contributed by atoms with Gasteiger partial charge in [-0.3, -0.25) is 19.2 Å². The van der Waals surface area contributed by atoms with Crippen LogP contribution in [0.5, 0.6) is 0 Å². The van der Waals surface area contributed by atoms with E-state index in [1.165, 1.54) is 122 Å². The lowest BCUT2D eigenvalue weighted by Gasteiger charge is -2.52. The van der Waals surface area contributed by atoms with E-state index in [0.717, 1.165) is 85.0 Å². The third-order valence-corrected chi connectivity index (χ3v) is 25.4. The summed E-state index contributed by atoms with van der Waals surface area (Å²) in [4.78, 5) is 52.9. The minimum atomic E-state index is -2.51. The molecule has 7 aliphatic heterocycles. The Balaban J connectivity index is 1.07. The van der Waals surface area contributed by atoms with E-state index in [0.29, 0.717) is 12.8 Å². The minimum absolute atomic E-state index is 0.145. The quantitative estimate of drug-likeness (QED) is 0.0224. The van der Waals surface area contributed by atoms with E-state index in [1.54, 1.807) is 6.08 Å². The van der Waals surface area contributed by atoms with Crippen LogP contribution in [0, 0.1) is 0 Å². The van der Waals surface area contributed by atoms with Gasteiger partial charge in [-0.05, 0) is 44.9 Å². The van der Waals surface area contributed by atoms with Crippen molar-refractivity contribution in [1.82, 2.24) is 21.3 Å². The molecular weight excluding hydrogens is 1740 g/mol. The molecule has 14 unspecified atom stereocenters. The summed E-state index contributed by atoms with van der Waals surface area (Å²) in [5, 5.41) is 236. The first-order valence-electron chi connectivity index (χ1n) is 48.1. The molecule has 7 saturated heterocycles. The van der Waals surface area contributed by atoms with E-state index in [1.807, 2.05) is 6.08 Å². The molecule has 37 atom stereocenters. The van der Waals surface area contributed by atoms with Crippen molar-refractivity contribution in [2.75, 3.05) is 52.9 Å². The molecule has 0 bridgehead atoms. The van der Waals surface area contributed by atoms with Crippen molar-refractivity contribution < 1.29 is 188 Å². The molecule has 0 radical (unpaired) electrons. The van der Waals surface area contributed by atoms with Crippen molar-refractivity contribution in [3.8, 4) is 0 Å². The molecule has 0 aliphatic carbocycles. The normalized spacial score (nSPS) is 36.9. The third-order valence-electron chi connectivity index (χ3n) is 25.4. The number of rotatable bonds is 61. The van der Waals surface area contributed by atoms with Gasteiger partial charge in [-0.15, -0.1) is 0 Å². The van der Waals surface area contributed by atoms with E-state index in [9.17, 15) is 121 Å². The average Bonchev–Trinajstić information content (AvgIpc) is 0.755. The molecule has 7 rings (SSSR count). The van der Waals surface area contributed by atoms with Gasteiger partial charge < -0.3 is 190 Å². The summed E-state index contributed by atoms with van der Waals surface area (Å²) >= 11 is 0. The highest BCUT2D eigenvalue weighted by Gasteiger charge is 2.61. The summed E-state index contributed by atoms with van der Waals surface area (Å²) in [6.07, 6.45) is -23.0.